The highest BCUT2D eigenvalue weighted by molar-refractivity contribution is 7.15. The van der Waals surface area contributed by atoms with Gasteiger partial charge in [-0.25, -0.2) is 4.68 Å². The Labute approximate surface area is 290 Å². The van der Waals surface area contributed by atoms with Crippen LogP contribution in [0.5, 0.6) is 17.2 Å². The zero-order valence-electron chi connectivity index (χ0n) is 26.6. The smallest absolute Gasteiger partial charge is 0.291 e. The lowest BCUT2D eigenvalue weighted by atomic mass is 10.1. The fourth-order valence-corrected chi connectivity index (χ4v) is 6.24. The molecule has 3 aromatic heterocycles. The highest BCUT2D eigenvalue weighted by Gasteiger charge is 2.15. The standard InChI is InChI=1S/C38H30ClN5O4S/c1-3-47-32-18-14-25(20-33(32)46-2)15-19-35-40-38-44(41-35)37(45)34(49-38)22-28-23-43(30-9-5-4-6-10-30)42-36(28)27-8-7-11-31(21-27)48-24-26-12-16-29(39)17-13-26/h4-23H,3,24H2,1-2H3/b19-15+,34-22-. The van der Waals surface area contributed by atoms with Gasteiger partial charge in [-0.2, -0.15) is 14.6 Å². The number of ether oxygens (including phenoxy) is 3. The Morgan fingerprint density at radius 1 is 0.878 bits per heavy atom. The third-order valence-electron chi connectivity index (χ3n) is 7.59. The van der Waals surface area contributed by atoms with E-state index in [1.165, 1.54) is 15.9 Å². The number of halogens is 1. The molecule has 0 aliphatic heterocycles. The van der Waals surface area contributed by atoms with Crippen molar-refractivity contribution < 1.29 is 14.2 Å². The van der Waals surface area contributed by atoms with Gasteiger partial charge >= 0.3 is 0 Å². The number of benzene rings is 4. The lowest BCUT2D eigenvalue weighted by Crippen LogP contribution is -2.23. The van der Waals surface area contributed by atoms with Gasteiger partial charge in [0.15, 0.2) is 17.3 Å². The molecule has 0 aliphatic rings. The Morgan fingerprint density at radius 2 is 1.71 bits per heavy atom. The monoisotopic (exact) mass is 687 g/mol. The maximum atomic E-state index is 13.6. The molecule has 244 valence electrons. The van der Waals surface area contributed by atoms with Crippen LogP contribution < -0.4 is 24.3 Å². The van der Waals surface area contributed by atoms with Gasteiger partial charge in [-0.05, 0) is 78.7 Å². The maximum absolute atomic E-state index is 13.6. The topological polar surface area (TPSA) is 92.8 Å². The Bertz CT molecular complexity index is 2380. The Hall–Kier alpha value is -5.71. The number of hydrogen-bond donors (Lipinski definition) is 0. The first-order valence-electron chi connectivity index (χ1n) is 15.5. The van der Waals surface area contributed by atoms with Crippen LogP contribution in [0.2, 0.25) is 5.02 Å². The van der Waals surface area contributed by atoms with Crippen molar-refractivity contribution in [2.24, 2.45) is 0 Å². The van der Waals surface area contributed by atoms with Crippen molar-refractivity contribution in [1.82, 2.24) is 24.4 Å². The number of methoxy groups -OCH3 is 1. The molecule has 11 heteroatoms. The Kier molecular flexibility index (Phi) is 9.23. The van der Waals surface area contributed by atoms with Crippen LogP contribution in [0.15, 0.2) is 108 Å². The minimum absolute atomic E-state index is 0.256. The summed E-state index contributed by atoms with van der Waals surface area (Å²) in [6.45, 7) is 2.86. The van der Waals surface area contributed by atoms with Gasteiger partial charge in [-0.3, -0.25) is 4.79 Å². The number of thiazole rings is 1. The van der Waals surface area contributed by atoms with Crippen molar-refractivity contribution in [1.29, 1.82) is 0 Å². The van der Waals surface area contributed by atoms with Gasteiger partial charge < -0.3 is 14.2 Å². The van der Waals surface area contributed by atoms with Crippen LogP contribution in [-0.4, -0.2) is 38.1 Å². The zero-order valence-corrected chi connectivity index (χ0v) is 28.2. The molecule has 7 rings (SSSR count). The van der Waals surface area contributed by atoms with Gasteiger partial charge in [0.25, 0.3) is 5.56 Å². The minimum atomic E-state index is -0.256. The van der Waals surface area contributed by atoms with Crippen LogP contribution >= 0.6 is 22.9 Å². The van der Waals surface area contributed by atoms with Crippen molar-refractivity contribution in [2.45, 2.75) is 13.5 Å². The molecule has 4 aromatic carbocycles. The van der Waals surface area contributed by atoms with Crippen LogP contribution in [0, 0.1) is 0 Å². The van der Waals surface area contributed by atoms with Crippen LogP contribution in [0.3, 0.4) is 0 Å². The fraction of sp³-hybridized carbons (Fsp3) is 0.105. The highest BCUT2D eigenvalue weighted by Crippen LogP contribution is 2.30. The van der Waals surface area contributed by atoms with Crippen molar-refractivity contribution >= 4 is 46.1 Å². The molecule has 0 saturated heterocycles. The van der Waals surface area contributed by atoms with Crippen LogP contribution in [-0.2, 0) is 6.61 Å². The second kappa shape index (κ2) is 14.2. The van der Waals surface area contributed by atoms with E-state index in [0.717, 1.165) is 27.9 Å². The number of nitrogens with zero attached hydrogens (tertiary/aromatic N) is 5. The molecule has 7 aromatic rings. The second-order valence-corrected chi connectivity index (χ2v) is 12.4. The van der Waals surface area contributed by atoms with Gasteiger partial charge in [0.2, 0.25) is 4.96 Å². The van der Waals surface area contributed by atoms with Crippen molar-refractivity contribution in [3.63, 3.8) is 0 Å². The number of para-hydroxylation sites is 1. The molecule has 0 bridgehead atoms. The molecule has 9 nitrogen and oxygen atoms in total. The first kappa shape index (κ1) is 31.9. The molecule has 0 radical (unpaired) electrons. The van der Waals surface area contributed by atoms with Crippen LogP contribution in [0.4, 0.5) is 0 Å². The fourth-order valence-electron chi connectivity index (χ4n) is 5.20. The van der Waals surface area contributed by atoms with Crippen LogP contribution in [0.1, 0.15) is 29.4 Å². The Morgan fingerprint density at radius 3 is 2.49 bits per heavy atom. The molecule has 49 heavy (non-hydrogen) atoms. The van der Waals surface area contributed by atoms with Crippen molar-refractivity contribution in [2.75, 3.05) is 13.7 Å². The number of rotatable bonds is 11. The average Bonchev–Trinajstić information content (AvgIpc) is 3.82. The van der Waals surface area contributed by atoms with E-state index in [2.05, 4.69) is 10.1 Å². The minimum Gasteiger partial charge on any atom is -0.493 e. The molecule has 0 N–H and O–H groups in total. The predicted molar refractivity (Wildman–Crippen MR) is 194 cm³/mol. The number of aromatic nitrogens is 5. The summed E-state index contributed by atoms with van der Waals surface area (Å²) in [5.74, 6) is 2.43. The van der Waals surface area contributed by atoms with Gasteiger partial charge in [0, 0.05) is 22.3 Å². The van der Waals surface area contributed by atoms with Gasteiger partial charge in [-0.1, -0.05) is 77.5 Å². The molecular weight excluding hydrogens is 658 g/mol. The van der Waals surface area contributed by atoms with E-state index < -0.39 is 0 Å². The van der Waals surface area contributed by atoms with Gasteiger partial charge in [0.05, 0.1) is 23.9 Å². The number of hydrogen-bond acceptors (Lipinski definition) is 8. The molecule has 0 amide bonds. The lowest BCUT2D eigenvalue weighted by molar-refractivity contribution is 0.306. The van der Waals surface area contributed by atoms with E-state index in [9.17, 15) is 4.79 Å². The summed E-state index contributed by atoms with van der Waals surface area (Å²) in [5, 5.41) is 10.1. The molecule has 0 spiro atoms. The van der Waals surface area contributed by atoms with Crippen molar-refractivity contribution in [3.8, 4) is 34.2 Å². The Balaban J connectivity index is 1.20. The van der Waals surface area contributed by atoms with E-state index in [4.69, 9.17) is 30.9 Å². The number of fused-ring (bicyclic) bond motifs is 1. The van der Waals surface area contributed by atoms with Crippen LogP contribution in [0.25, 0.3) is 40.1 Å². The SMILES string of the molecule is CCOc1ccc(/C=C/c2nc3s/c(=C\c4cn(-c5ccccc5)nc4-c4cccc(OCc5ccc(Cl)cc5)c4)c(=O)n3n2)cc1OC. The third-order valence-corrected chi connectivity index (χ3v) is 8.80. The molecule has 0 saturated carbocycles. The van der Waals surface area contributed by atoms with E-state index in [0.29, 0.717) is 56.5 Å². The summed E-state index contributed by atoms with van der Waals surface area (Å²) in [6.07, 6.45) is 7.39. The summed E-state index contributed by atoms with van der Waals surface area (Å²) >= 11 is 7.31. The molecule has 0 aliphatic carbocycles. The summed E-state index contributed by atoms with van der Waals surface area (Å²) in [6, 6.07) is 30.8. The van der Waals surface area contributed by atoms with Crippen molar-refractivity contribution in [3.05, 3.63) is 146 Å². The first-order valence-corrected chi connectivity index (χ1v) is 16.7. The molecular formula is C38H30ClN5O4S. The first-order chi connectivity index (χ1) is 24.0. The molecule has 0 fully saturated rings. The normalized spacial score (nSPS) is 11.9. The summed E-state index contributed by atoms with van der Waals surface area (Å²) < 4.78 is 20.8. The van der Waals surface area contributed by atoms with E-state index >= 15 is 0 Å². The van der Waals surface area contributed by atoms with E-state index in [1.54, 1.807) is 13.2 Å². The predicted octanol–water partition coefficient (Wildman–Crippen LogP) is 7.36. The second-order valence-electron chi connectivity index (χ2n) is 10.9. The lowest BCUT2D eigenvalue weighted by Gasteiger charge is -2.09. The third kappa shape index (κ3) is 7.11. The van der Waals surface area contributed by atoms with Gasteiger partial charge in [-0.15, -0.1) is 5.10 Å². The maximum Gasteiger partial charge on any atom is 0.291 e. The molecule has 0 unspecified atom stereocenters. The molecule has 3 heterocycles. The summed E-state index contributed by atoms with van der Waals surface area (Å²) in [5.41, 5.74) is 4.85. The summed E-state index contributed by atoms with van der Waals surface area (Å²) in [4.78, 5) is 18.6. The molecule has 0 atom stereocenters. The zero-order chi connectivity index (χ0) is 33.7. The quantitative estimate of drug-likeness (QED) is 0.140. The largest absolute Gasteiger partial charge is 0.493 e. The van der Waals surface area contributed by atoms with Gasteiger partial charge in [0.1, 0.15) is 18.1 Å². The summed E-state index contributed by atoms with van der Waals surface area (Å²) in [7, 11) is 1.60. The average molecular weight is 688 g/mol. The van der Waals surface area contributed by atoms with E-state index in [-0.39, 0.29) is 5.56 Å². The highest BCUT2D eigenvalue weighted by atomic mass is 35.5. The van der Waals surface area contributed by atoms with E-state index in [1.807, 2.05) is 127 Å².